The van der Waals surface area contributed by atoms with Gasteiger partial charge in [0.25, 0.3) is 5.60 Å². The molecule has 0 radical (unpaired) electrons. The first-order chi connectivity index (χ1) is 14.6. The van der Waals surface area contributed by atoms with Crippen molar-refractivity contribution in [2.45, 2.75) is 51.2 Å². The van der Waals surface area contributed by atoms with Crippen LogP contribution in [0.3, 0.4) is 0 Å². The Balaban J connectivity index is 1.82. The van der Waals surface area contributed by atoms with Crippen molar-refractivity contribution in [1.29, 1.82) is 0 Å². The fourth-order valence-corrected chi connectivity index (χ4v) is 3.43. The largest absolute Gasteiger partial charge is 0.463 e. The summed E-state index contributed by atoms with van der Waals surface area (Å²) in [6, 6.07) is 9.25. The van der Waals surface area contributed by atoms with Crippen LogP contribution in [0.1, 0.15) is 38.7 Å². The average Bonchev–Trinajstić information content (AvgIpc) is 3.47. The Morgan fingerprint density at radius 2 is 1.70 bits per heavy atom. The van der Waals surface area contributed by atoms with E-state index >= 15 is 0 Å². The first-order valence-corrected chi connectivity index (χ1v) is 10.7. The standard InChI is InChI=1S/C24H30O6/c1-3-27-22(25)24(23(26)28-4-2,16-19-8-6-5-7-9-19)30-17-21-20(14-15-29-21)13-12-18-10-11-18/h5-9,18,20-21H,3-4,10-11,14-17H2,1-2H3. The maximum absolute atomic E-state index is 13.0. The van der Waals surface area contributed by atoms with E-state index in [0.29, 0.717) is 12.5 Å². The zero-order valence-corrected chi connectivity index (χ0v) is 17.7. The molecule has 2 unspecified atom stereocenters. The summed E-state index contributed by atoms with van der Waals surface area (Å²) in [7, 11) is 0. The molecule has 0 spiro atoms. The molecule has 30 heavy (non-hydrogen) atoms. The van der Waals surface area contributed by atoms with Gasteiger partial charge in [0.15, 0.2) is 0 Å². The molecule has 6 nitrogen and oxygen atoms in total. The summed E-state index contributed by atoms with van der Waals surface area (Å²) in [4.78, 5) is 26.0. The lowest BCUT2D eigenvalue weighted by Crippen LogP contribution is -2.54. The highest BCUT2D eigenvalue weighted by atomic mass is 16.6. The van der Waals surface area contributed by atoms with Gasteiger partial charge in [-0.05, 0) is 38.7 Å². The highest BCUT2D eigenvalue weighted by molar-refractivity contribution is 6.04. The summed E-state index contributed by atoms with van der Waals surface area (Å²) in [5.41, 5.74) is -1.11. The van der Waals surface area contributed by atoms with Gasteiger partial charge < -0.3 is 18.9 Å². The molecule has 1 aromatic carbocycles. The summed E-state index contributed by atoms with van der Waals surface area (Å²) in [5.74, 6) is 5.63. The number of rotatable bonds is 9. The second-order valence-corrected chi connectivity index (χ2v) is 7.61. The monoisotopic (exact) mass is 414 g/mol. The molecule has 162 valence electrons. The van der Waals surface area contributed by atoms with Crippen molar-refractivity contribution in [3.8, 4) is 11.8 Å². The Kier molecular flexibility index (Phi) is 7.89. The summed E-state index contributed by atoms with van der Waals surface area (Å²) in [5, 5.41) is 0. The first-order valence-electron chi connectivity index (χ1n) is 10.7. The van der Waals surface area contributed by atoms with Crippen LogP contribution in [0.5, 0.6) is 0 Å². The molecule has 1 aliphatic heterocycles. The molecule has 2 aliphatic rings. The Morgan fingerprint density at radius 1 is 1.03 bits per heavy atom. The van der Waals surface area contributed by atoms with Gasteiger partial charge in [-0.15, -0.1) is 0 Å². The maximum atomic E-state index is 13.0. The number of carbonyl (C=O) groups excluding carboxylic acids is 2. The number of hydrogen-bond acceptors (Lipinski definition) is 6. The van der Waals surface area contributed by atoms with Crippen LogP contribution in [0.2, 0.25) is 0 Å². The fraction of sp³-hybridized carbons (Fsp3) is 0.583. The third kappa shape index (κ3) is 5.62. The van der Waals surface area contributed by atoms with Crippen molar-refractivity contribution < 1.29 is 28.5 Å². The smallest absolute Gasteiger partial charge is 0.350 e. The van der Waals surface area contributed by atoms with Crippen molar-refractivity contribution in [3.05, 3.63) is 35.9 Å². The van der Waals surface area contributed by atoms with Gasteiger partial charge in [0, 0.05) is 18.9 Å². The Bertz CT molecular complexity index is 756. The van der Waals surface area contributed by atoms with Crippen molar-refractivity contribution in [1.82, 2.24) is 0 Å². The second kappa shape index (κ2) is 10.6. The molecule has 0 bridgehead atoms. The Labute approximate surface area is 178 Å². The fourth-order valence-electron chi connectivity index (χ4n) is 3.43. The molecule has 1 saturated carbocycles. The summed E-state index contributed by atoms with van der Waals surface area (Å²) < 4.78 is 22.4. The molecule has 1 aliphatic carbocycles. The maximum Gasteiger partial charge on any atom is 0.350 e. The van der Waals surface area contributed by atoms with Crippen molar-refractivity contribution in [3.63, 3.8) is 0 Å². The van der Waals surface area contributed by atoms with Gasteiger partial charge in [-0.2, -0.15) is 0 Å². The highest BCUT2D eigenvalue weighted by Crippen LogP contribution is 2.30. The molecular formula is C24H30O6. The minimum atomic E-state index is -1.88. The molecule has 3 rings (SSSR count). The Hall–Kier alpha value is -2.36. The Morgan fingerprint density at radius 3 is 2.30 bits per heavy atom. The lowest BCUT2D eigenvalue weighted by atomic mass is 9.93. The van der Waals surface area contributed by atoms with Crippen LogP contribution in [0.25, 0.3) is 0 Å². The van der Waals surface area contributed by atoms with Gasteiger partial charge in [0.05, 0.1) is 31.8 Å². The van der Waals surface area contributed by atoms with Crippen LogP contribution in [0.15, 0.2) is 30.3 Å². The second-order valence-electron chi connectivity index (χ2n) is 7.61. The summed E-state index contributed by atoms with van der Waals surface area (Å²) in [6.07, 6.45) is 2.87. The van der Waals surface area contributed by atoms with Crippen LogP contribution in [0, 0.1) is 23.7 Å². The van der Waals surface area contributed by atoms with Crippen LogP contribution < -0.4 is 0 Å². The molecule has 1 aromatic rings. The predicted octanol–water partition coefficient (Wildman–Crippen LogP) is 2.93. The number of esters is 2. The third-order valence-electron chi connectivity index (χ3n) is 5.26. The van der Waals surface area contributed by atoms with Crippen LogP contribution in [-0.2, 0) is 35.0 Å². The topological polar surface area (TPSA) is 71.1 Å². The molecule has 0 N–H and O–H groups in total. The summed E-state index contributed by atoms with van der Waals surface area (Å²) in [6.45, 7) is 4.30. The van der Waals surface area contributed by atoms with Crippen molar-refractivity contribution >= 4 is 11.9 Å². The lowest BCUT2D eigenvalue weighted by Gasteiger charge is -2.30. The van der Waals surface area contributed by atoms with E-state index in [-0.39, 0.29) is 38.3 Å². The van der Waals surface area contributed by atoms with E-state index in [4.69, 9.17) is 18.9 Å². The van der Waals surface area contributed by atoms with Gasteiger partial charge >= 0.3 is 11.9 Å². The minimum Gasteiger partial charge on any atom is -0.463 e. The van der Waals surface area contributed by atoms with Crippen molar-refractivity contribution in [2.24, 2.45) is 11.8 Å². The van der Waals surface area contributed by atoms with E-state index in [1.165, 1.54) is 0 Å². The normalized spacial score (nSPS) is 20.9. The number of ether oxygens (including phenoxy) is 4. The van der Waals surface area contributed by atoms with Gasteiger partial charge in [-0.3, -0.25) is 0 Å². The molecule has 2 fully saturated rings. The SMILES string of the molecule is CCOC(=O)C(Cc1ccccc1)(OCC1OCCC1C#CC1CC1)C(=O)OCC. The molecule has 6 heteroatoms. The van der Waals surface area contributed by atoms with E-state index in [1.54, 1.807) is 13.8 Å². The molecule has 1 heterocycles. The van der Waals surface area contributed by atoms with Gasteiger partial charge in [0.2, 0.25) is 0 Å². The van der Waals surface area contributed by atoms with Gasteiger partial charge in [0.1, 0.15) is 0 Å². The molecule has 0 aromatic heterocycles. The van der Waals surface area contributed by atoms with E-state index in [9.17, 15) is 9.59 Å². The number of carbonyl (C=O) groups is 2. The predicted molar refractivity (Wildman–Crippen MR) is 110 cm³/mol. The summed E-state index contributed by atoms with van der Waals surface area (Å²) >= 11 is 0. The molecule has 2 atom stereocenters. The zero-order chi connectivity index (χ0) is 21.4. The van der Waals surface area contributed by atoms with E-state index < -0.39 is 17.5 Å². The lowest BCUT2D eigenvalue weighted by molar-refractivity contribution is -0.194. The molecular weight excluding hydrogens is 384 g/mol. The minimum absolute atomic E-state index is 0.0245. The molecule has 0 amide bonds. The van der Waals surface area contributed by atoms with Crippen LogP contribution in [0.4, 0.5) is 0 Å². The van der Waals surface area contributed by atoms with Crippen LogP contribution >= 0.6 is 0 Å². The zero-order valence-electron chi connectivity index (χ0n) is 17.7. The number of benzene rings is 1. The van der Waals surface area contributed by atoms with E-state index in [1.807, 2.05) is 30.3 Å². The first kappa shape index (κ1) is 22.3. The van der Waals surface area contributed by atoms with E-state index in [2.05, 4.69) is 11.8 Å². The highest BCUT2D eigenvalue weighted by Gasteiger charge is 2.51. The number of hydrogen-bond donors (Lipinski definition) is 0. The van der Waals surface area contributed by atoms with Gasteiger partial charge in [-0.1, -0.05) is 42.2 Å². The van der Waals surface area contributed by atoms with Crippen LogP contribution in [-0.4, -0.2) is 50.1 Å². The van der Waals surface area contributed by atoms with Crippen molar-refractivity contribution in [2.75, 3.05) is 26.4 Å². The third-order valence-corrected chi connectivity index (χ3v) is 5.26. The average molecular weight is 414 g/mol. The molecule has 1 saturated heterocycles. The quantitative estimate of drug-likeness (QED) is 0.352. The van der Waals surface area contributed by atoms with Gasteiger partial charge in [-0.25, -0.2) is 9.59 Å². The van der Waals surface area contributed by atoms with E-state index in [0.717, 1.165) is 24.8 Å².